The second-order valence-corrected chi connectivity index (χ2v) is 11.2. The van der Waals surface area contributed by atoms with Crippen LogP contribution in [0.4, 0.5) is 24.7 Å². The SMILES string of the molecule is [C-]#[N+]CC1CN(c2nc(OC[C@@H]3CCCN3C)nc3c2CCN(c2cccc(C)c2C(F)(F)F)C3)CCN1C(=O)C=C. The predicted molar refractivity (Wildman–Crippen MR) is 153 cm³/mol. The van der Waals surface area contributed by atoms with Crippen LogP contribution in [0.15, 0.2) is 30.9 Å². The summed E-state index contributed by atoms with van der Waals surface area (Å²) in [5.74, 6) is 0.447. The van der Waals surface area contributed by atoms with Gasteiger partial charge in [-0.1, -0.05) is 18.7 Å². The molecule has 42 heavy (non-hydrogen) atoms. The van der Waals surface area contributed by atoms with Gasteiger partial charge in [-0.05, 0) is 57.5 Å². The first-order valence-corrected chi connectivity index (χ1v) is 14.3. The molecule has 1 aromatic heterocycles. The fraction of sp³-hybridized carbons (Fsp3) is 0.533. The predicted octanol–water partition coefficient (Wildman–Crippen LogP) is 3.96. The highest BCUT2D eigenvalue weighted by Gasteiger charge is 2.39. The maximum Gasteiger partial charge on any atom is 0.418 e. The number of aromatic nitrogens is 2. The van der Waals surface area contributed by atoms with E-state index < -0.39 is 11.7 Å². The minimum atomic E-state index is -4.49. The third-order valence-electron chi connectivity index (χ3n) is 8.52. The van der Waals surface area contributed by atoms with Gasteiger partial charge in [-0.25, -0.2) is 6.57 Å². The normalized spacial score (nSPS) is 21.2. The van der Waals surface area contributed by atoms with Gasteiger partial charge >= 0.3 is 12.2 Å². The van der Waals surface area contributed by atoms with Crippen LogP contribution in [0.25, 0.3) is 4.85 Å². The maximum atomic E-state index is 14.1. The molecule has 1 aromatic carbocycles. The highest BCUT2D eigenvalue weighted by molar-refractivity contribution is 5.87. The molecule has 5 rings (SSSR count). The lowest BCUT2D eigenvalue weighted by Crippen LogP contribution is -2.56. The molecule has 1 unspecified atom stereocenters. The van der Waals surface area contributed by atoms with Crippen molar-refractivity contribution < 1.29 is 22.7 Å². The number of ether oxygens (including phenoxy) is 1. The van der Waals surface area contributed by atoms with Crippen LogP contribution in [0.3, 0.4) is 0 Å². The zero-order valence-corrected chi connectivity index (χ0v) is 24.0. The van der Waals surface area contributed by atoms with E-state index in [0.717, 1.165) is 24.9 Å². The fourth-order valence-electron chi connectivity index (χ4n) is 6.28. The van der Waals surface area contributed by atoms with Gasteiger partial charge in [0, 0.05) is 43.5 Å². The quantitative estimate of drug-likeness (QED) is 0.361. The Kier molecular flexibility index (Phi) is 8.59. The Balaban J connectivity index is 1.49. The first-order valence-electron chi connectivity index (χ1n) is 14.3. The van der Waals surface area contributed by atoms with E-state index >= 15 is 0 Å². The zero-order chi connectivity index (χ0) is 30.0. The number of aryl methyl sites for hydroxylation is 1. The van der Waals surface area contributed by atoms with Crippen LogP contribution in [-0.4, -0.2) is 90.7 Å². The first kappa shape index (κ1) is 29.6. The molecule has 0 N–H and O–H groups in total. The van der Waals surface area contributed by atoms with Crippen molar-refractivity contribution in [3.8, 4) is 6.01 Å². The summed E-state index contributed by atoms with van der Waals surface area (Å²) < 4.78 is 48.4. The molecule has 1 amide bonds. The summed E-state index contributed by atoms with van der Waals surface area (Å²) in [6, 6.07) is 4.73. The number of hydrogen-bond donors (Lipinski definition) is 0. The minimum absolute atomic E-state index is 0.136. The average Bonchev–Trinajstić information content (AvgIpc) is 3.38. The molecule has 2 fully saturated rings. The summed E-state index contributed by atoms with van der Waals surface area (Å²) in [6.45, 7) is 15.9. The number of halogens is 3. The Morgan fingerprint density at radius 1 is 1.19 bits per heavy atom. The molecular formula is C30H36F3N7O2. The number of amides is 1. The third kappa shape index (κ3) is 6.02. The molecule has 2 atom stereocenters. The molecule has 9 nitrogen and oxygen atoms in total. The fourth-order valence-corrected chi connectivity index (χ4v) is 6.28. The van der Waals surface area contributed by atoms with Crippen molar-refractivity contribution in [3.05, 3.63) is 64.7 Å². The number of carbonyl (C=O) groups is 1. The van der Waals surface area contributed by atoms with Crippen molar-refractivity contribution in [1.29, 1.82) is 0 Å². The number of nitrogens with zero attached hydrogens (tertiary/aromatic N) is 7. The van der Waals surface area contributed by atoms with E-state index in [-0.39, 0.29) is 48.3 Å². The van der Waals surface area contributed by atoms with E-state index in [9.17, 15) is 18.0 Å². The Labute approximate surface area is 244 Å². The number of alkyl halides is 3. The van der Waals surface area contributed by atoms with Crippen LogP contribution in [0.5, 0.6) is 6.01 Å². The maximum absolute atomic E-state index is 14.1. The first-order chi connectivity index (χ1) is 20.1. The van der Waals surface area contributed by atoms with Crippen LogP contribution >= 0.6 is 0 Å². The second-order valence-electron chi connectivity index (χ2n) is 11.2. The monoisotopic (exact) mass is 583 g/mol. The number of benzene rings is 1. The smallest absolute Gasteiger partial charge is 0.418 e. The highest BCUT2D eigenvalue weighted by atomic mass is 19.4. The van der Waals surface area contributed by atoms with E-state index in [1.54, 1.807) is 15.9 Å². The third-order valence-corrected chi connectivity index (χ3v) is 8.52. The minimum Gasteiger partial charge on any atom is -0.462 e. The van der Waals surface area contributed by atoms with Crippen molar-refractivity contribution in [1.82, 2.24) is 19.8 Å². The van der Waals surface area contributed by atoms with Gasteiger partial charge in [0.15, 0.2) is 0 Å². The van der Waals surface area contributed by atoms with Crippen LogP contribution in [0.2, 0.25) is 0 Å². The molecule has 4 heterocycles. The van der Waals surface area contributed by atoms with Gasteiger partial charge in [0.25, 0.3) is 0 Å². The summed E-state index contributed by atoms with van der Waals surface area (Å²) in [5.41, 5.74) is 1.17. The number of likely N-dealkylation sites (N-methyl/N-ethyl adjacent to an activating group) is 1. The zero-order valence-electron chi connectivity index (χ0n) is 24.0. The largest absolute Gasteiger partial charge is 0.462 e. The summed E-state index contributed by atoms with van der Waals surface area (Å²) in [7, 11) is 2.06. The molecule has 2 aromatic rings. The molecule has 2 saturated heterocycles. The Morgan fingerprint density at radius 3 is 2.69 bits per heavy atom. The van der Waals surface area contributed by atoms with Crippen molar-refractivity contribution >= 4 is 17.4 Å². The number of rotatable bonds is 7. The number of piperazine rings is 1. The Hall–Kier alpha value is -3.85. The second kappa shape index (κ2) is 12.2. The number of hydrogen-bond acceptors (Lipinski definition) is 7. The highest BCUT2D eigenvalue weighted by Crippen LogP contribution is 2.41. The van der Waals surface area contributed by atoms with Crippen LogP contribution in [0, 0.1) is 13.5 Å². The number of fused-ring (bicyclic) bond motifs is 1. The molecule has 0 radical (unpaired) electrons. The van der Waals surface area contributed by atoms with Crippen LogP contribution in [-0.2, 0) is 23.9 Å². The lowest BCUT2D eigenvalue weighted by molar-refractivity contribution is -0.137. The summed E-state index contributed by atoms with van der Waals surface area (Å²) >= 11 is 0. The lowest BCUT2D eigenvalue weighted by Gasteiger charge is -2.41. The standard InChI is InChI=1S/C30H36F3N7O2/c1-5-26(41)40-15-14-39(17-22(40)16-34-3)28-23-11-13-38(25-10-6-8-20(2)27(25)30(31,32)33)18-24(23)35-29(36-28)42-19-21-9-7-12-37(21)4/h5-6,8,10,21-22H,1,7,9,11-19H2,2,4H3/t21-,22?/m0/s1. The van der Waals surface area contributed by atoms with Gasteiger partial charge < -0.3 is 29.2 Å². The van der Waals surface area contributed by atoms with E-state index in [4.69, 9.17) is 21.3 Å². The van der Waals surface area contributed by atoms with Gasteiger partial charge in [-0.2, -0.15) is 23.1 Å². The topological polar surface area (TPSA) is 69.4 Å². The summed E-state index contributed by atoms with van der Waals surface area (Å²) in [4.78, 5) is 33.3. The molecule has 3 aliphatic heterocycles. The Bertz CT molecular complexity index is 1380. The number of likely N-dealkylation sites (tertiary alicyclic amines) is 1. The van der Waals surface area contributed by atoms with Crippen molar-refractivity contribution in [2.24, 2.45) is 0 Å². The molecule has 0 aliphatic carbocycles. The van der Waals surface area contributed by atoms with E-state index in [2.05, 4.69) is 28.3 Å². The molecule has 0 spiro atoms. The van der Waals surface area contributed by atoms with Gasteiger partial charge in [-0.3, -0.25) is 4.79 Å². The van der Waals surface area contributed by atoms with Crippen molar-refractivity contribution in [3.63, 3.8) is 0 Å². The average molecular weight is 584 g/mol. The van der Waals surface area contributed by atoms with Crippen LogP contribution < -0.4 is 14.5 Å². The molecule has 0 saturated carbocycles. The molecule has 224 valence electrons. The Morgan fingerprint density at radius 2 is 2.00 bits per heavy atom. The van der Waals surface area contributed by atoms with Gasteiger partial charge in [-0.15, -0.1) is 0 Å². The molecule has 3 aliphatic rings. The van der Waals surface area contributed by atoms with E-state index in [1.807, 2.05) is 0 Å². The lowest BCUT2D eigenvalue weighted by atomic mass is 10.00. The van der Waals surface area contributed by atoms with Gasteiger partial charge in [0.2, 0.25) is 12.5 Å². The van der Waals surface area contributed by atoms with E-state index in [0.29, 0.717) is 50.7 Å². The van der Waals surface area contributed by atoms with E-state index in [1.165, 1.54) is 25.1 Å². The van der Waals surface area contributed by atoms with Gasteiger partial charge in [0.1, 0.15) is 18.5 Å². The van der Waals surface area contributed by atoms with Crippen LogP contribution in [0.1, 0.15) is 35.2 Å². The van der Waals surface area contributed by atoms with Gasteiger partial charge in [0.05, 0.1) is 17.8 Å². The number of anilines is 2. The molecular weight excluding hydrogens is 547 g/mol. The van der Waals surface area contributed by atoms with Crippen molar-refractivity contribution in [2.75, 3.05) is 62.7 Å². The molecule has 0 bridgehead atoms. The van der Waals surface area contributed by atoms with Crippen molar-refractivity contribution in [2.45, 2.75) is 51.0 Å². The summed E-state index contributed by atoms with van der Waals surface area (Å²) in [5, 5.41) is 0. The summed E-state index contributed by atoms with van der Waals surface area (Å²) in [6.07, 6.45) is -0.682. The number of carbonyl (C=O) groups excluding carboxylic acids is 1. The molecule has 12 heteroatoms.